The highest BCUT2D eigenvalue weighted by Gasteiger charge is 2.49. The third kappa shape index (κ3) is 5.69. The van der Waals surface area contributed by atoms with Crippen LogP contribution in [0.15, 0.2) is 142 Å². The van der Waals surface area contributed by atoms with Gasteiger partial charge in [-0.2, -0.15) is 0 Å². The Bertz CT molecular complexity index is 2140. The zero-order valence-electron chi connectivity index (χ0n) is 29.7. The molecule has 0 amide bonds. The summed E-state index contributed by atoms with van der Waals surface area (Å²) in [6, 6.07) is 24.2. The van der Waals surface area contributed by atoms with Gasteiger partial charge < -0.3 is 14.1 Å². The third-order valence-corrected chi connectivity index (χ3v) is 13.0. The second kappa shape index (κ2) is 13.3. The summed E-state index contributed by atoms with van der Waals surface area (Å²) in [6.45, 7) is 0. The molecule has 6 aliphatic rings. The summed E-state index contributed by atoms with van der Waals surface area (Å²) < 4.78 is 13.3. The lowest BCUT2D eigenvalue weighted by Gasteiger charge is -2.38. The Morgan fingerprint density at radius 1 is 0.686 bits per heavy atom. The quantitative estimate of drug-likeness (QED) is 0.191. The number of hydrogen-bond acceptors (Lipinski definition) is 3. The molecule has 5 aliphatic carbocycles. The van der Waals surface area contributed by atoms with Gasteiger partial charge >= 0.3 is 0 Å². The number of para-hydroxylation sites is 2. The lowest BCUT2D eigenvalue weighted by molar-refractivity contribution is -0.0117. The van der Waals surface area contributed by atoms with Crippen molar-refractivity contribution in [1.82, 2.24) is 0 Å². The van der Waals surface area contributed by atoms with Crippen molar-refractivity contribution in [2.45, 2.75) is 89.3 Å². The van der Waals surface area contributed by atoms with E-state index in [-0.39, 0.29) is 0 Å². The molecule has 2 fully saturated rings. The van der Waals surface area contributed by atoms with Crippen LogP contribution in [0.2, 0.25) is 0 Å². The molecule has 3 nitrogen and oxygen atoms in total. The molecule has 6 atom stereocenters. The van der Waals surface area contributed by atoms with Crippen LogP contribution in [-0.4, -0.2) is 12.2 Å². The Balaban J connectivity index is 0.993. The van der Waals surface area contributed by atoms with E-state index < -0.39 is 0 Å². The second-order valence-corrected chi connectivity index (χ2v) is 15.8. The Hall–Kier alpha value is -4.34. The zero-order chi connectivity index (χ0) is 33.7. The molecule has 258 valence electrons. The minimum atomic E-state index is 0.398. The Labute approximate surface area is 302 Å². The first-order chi connectivity index (χ1) is 25.3. The van der Waals surface area contributed by atoms with Crippen LogP contribution in [0.1, 0.15) is 77.0 Å². The molecule has 0 N–H and O–H groups in total. The van der Waals surface area contributed by atoms with Crippen molar-refractivity contribution in [3.8, 4) is 11.1 Å². The van der Waals surface area contributed by atoms with Crippen LogP contribution in [-0.2, 0) is 4.74 Å². The highest BCUT2D eigenvalue weighted by molar-refractivity contribution is 6.09. The fourth-order valence-corrected chi connectivity index (χ4v) is 10.5. The maximum atomic E-state index is 6.88. The topological polar surface area (TPSA) is 25.6 Å². The van der Waals surface area contributed by atoms with Crippen molar-refractivity contribution in [3.05, 3.63) is 138 Å². The summed E-state index contributed by atoms with van der Waals surface area (Å²) in [6.07, 6.45) is 35.0. The summed E-state index contributed by atoms with van der Waals surface area (Å²) in [7, 11) is 0. The van der Waals surface area contributed by atoms with Gasteiger partial charge in [0.05, 0.1) is 12.2 Å². The molecule has 1 saturated heterocycles. The molecule has 3 heteroatoms. The standard InChI is InChI=1S/C48H49NO2/c1-2-11-32(12-3-1)35-13-8-14-38(31-35)49(36-27-23-33(24-28-36)39-17-9-19-43-41-15-4-6-21-45(41)50-47(39)43)37-29-25-34(26-30-37)40-18-10-20-44-42-16-5-7-22-46(42)51-48(40)44/h2,4-6,9,11,13,15-17,19,21,23-25,27-29,31-32,40,42,44,46,48H,1,3,7-8,10,12,14,18,20,22,26,30H2. The number of nitrogens with zero attached hydrogens (tertiary/aromatic N) is 1. The van der Waals surface area contributed by atoms with E-state index in [1.165, 1.54) is 90.4 Å². The maximum absolute atomic E-state index is 6.88. The minimum absolute atomic E-state index is 0.398. The highest BCUT2D eigenvalue weighted by Crippen LogP contribution is 2.50. The van der Waals surface area contributed by atoms with Crippen molar-refractivity contribution in [2.24, 2.45) is 23.7 Å². The number of furan rings is 1. The van der Waals surface area contributed by atoms with E-state index in [1.54, 1.807) is 5.57 Å². The van der Waals surface area contributed by atoms with Crippen molar-refractivity contribution in [2.75, 3.05) is 4.90 Å². The smallest absolute Gasteiger partial charge is 0.143 e. The second-order valence-electron chi connectivity index (χ2n) is 15.8. The average Bonchev–Trinajstić information content (AvgIpc) is 3.78. The van der Waals surface area contributed by atoms with E-state index in [1.807, 2.05) is 0 Å². The number of ether oxygens (including phenoxy) is 1. The van der Waals surface area contributed by atoms with Gasteiger partial charge in [-0.05, 0) is 118 Å². The van der Waals surface area contributed by atoms with Crippen molar-refractivity contribution < 1.29 is 9.15 Å². The first-order valence-corrected chi connectivity index (χ1v) is 19.9. The van der Waals surface area contributed by atoms with Crippen LogP contribution < -0.4 is 4.90 Å². The molecule has 0 radical (unpaired) electrons. The predicted molar refractivity (Wildman–Crippen MR) is 210 cm³/mol. The minimum Gasteiger partial charge on any atom is -0.455 e. The summed E-state index contributed by atoms with van der Waals surface area (Å²) >= 11 is 0. The molecule has 1 saturated carbocycles. The zero-order valence-corrected chi connectivity index (χ0v) is 29.7. The molecule has 3 aromatic carbocycles. The maximum Gasteiger partial charge on any atom is 0.143 e. The number of hydrogen-bond donors (Lipinski definition) is 0. The van der Waals surface area contributed by atoms with Gasteiger partial charge in [0, 0.05) is 51.2 Å². The lowest BCUT2D eigenvalue weighted by atomic mass is 9.69. The van der Waals surface area contributed by atoms with Crippen LogP contribution in [0, 0.1) is 23.7 Å². The van der Waals surface area contributed by atoms with Crippen molar-refractivity contribution in [3.63, 3.8) is 0 Å². The summed E-state index contributed by atoms with van der Waals surface area (Å²) in [4.78, 5) is 2.60. The van der Waals surface area contributed by atoms with Gasteiger partial charge in [-0.3, -0.25) is 0 Å². The SMILES string of the molecule is C1=CC(C2=CCCC(N(C3=CC=C(C4CCCC5C6C=CCCC6OC45)CC3)c3ccc(-c4cccc5c4oc4ccccc45)cc3)=C2)CCC1. The van der Waals surface area contributed by atoms with Gasteiger partial charge in [0.2, 0.25) is 0 Å². The summed E-state index contributed by atoms with van der Waals surface area (Å²) in [5.74, 6) is 2.44. The first-order valence-electron chi connectivity index (χ1n) is 19.9. The molecule has 2 heterocycles. The van der Waals surface area contributed by atoms with Gasteiger partial charge in [-0.1, -0.05) is 97.0 Å². The summed E-state index contributed by atoms with van der Waals surface area (Å²) in [5.41, 5.74) is 11.4. The number of benzene rings is 3. The van der Waals surface area contributed by atoms with E-state index in [0.29, 0.717) is 35.9 Å². The number of rotatable bonds is 6. The average molecular weight is 672 g/mol. The van der Waals surface area contributed by atoms with E-state index >= 15 is 0 Å². The van der Waals surface area contributed by atoms with E-state index in [2.05, 4.69) is 120 Å². The van der Waals surface area contributed by atoms with E-state index in [0.717, 1.165) is 42.4 Å². The highest BCUT2D eigenvalue weighted by atomic mass is 16.5. The van der Waals surface area contributed by atoms with Crippen LogP contribution in [0.4, 0.5) is 5.69 Å². The van der Waals surface area contributed by atoms with Gasteiger partial charge in [-0.25, -0.2) is 0 Å². The largest absolute Gasteiger partial charge is 0.455 e. The molecule has 0 bridgehead atoms. The molecule has 10 rings (SSSR count). The Morgan fingerprint density at radius 3 is 2.47 bits per heavy atom. The molecule has 0 spiro atoms. The molecule has 1 aromatic heterocycles. The summed E-state index contributed by atoms with van der Waals surface area (Å²) in [5, 5.41) is 2.35. The van der Waals surface area contributed by atoms with Gasteiger partial charge in [0.25, 0.3) is 0 Å². The molecule has 51 heavy (non-hydrogen) atoms. The molecule has 4 aromatic rings. The van der Waals surface area contributed by atoms with Gasteiger partial charge in [0.15, 0.2) is 0 Å². The van der Waals surface area contributed by atoms with Crippen molar-refractivity contribution >= 4 is 27.6 Å². The van der Waals surface area contributed by atoms with Crippen LogP contribution >= 0.6 is 0 Å². The number of fused-ring (bicyclic) bond motifs is 6. The van der Waals surface area contributed by atoms with Crippen LogP contribution in [0.5, 0.6) is 0 Å². The Morgan fingerprint density at radius 2 is 1.59 bits per heavy atom. The predicted octanol–water partition coefficient (Wildman–Crippen LogP) is 12.8. The molecular formula is C48H49NO2. The monoisotopic (exact) mass is 671 g/mol. The molecule has 1 aliphatic heterocycles. The van der Waals surface area contributed by atoms with Crippen molar-refractivity contribution in [1.29, 1.82) is 0 Å². The van der Waals surface area contributed by atoms with Gasteiger partial charge in [0.1, 0.15) is 11.2 Å². The fraction of sp³-hybridized carbons (Fsp3) is 0.375. The third-order valence-electron chi connectivity index (χ3n) is 13.0. The van der Waals surface area contributed by atoms with E-state index in [9.17, 15) is 0 Å². The number of allylic oxidation sites excluding steroid dienone is 10. The fourth-order valence-electron chi connectivity index (χ4n) is 10.5. The van der Waals surface area contributed by atoms with Crippen LogP contribution in [0.3, 0.4) is 0 Å². The Kier molecular flexibility index (Phi) is 8.21. The molecular weight excluding hydrogens is 623 g/mol. The van der Waals surface area contributed by atoms with Crippen LogP contribution in [0.25, 0.3) is 33.1 Å². The van der Waals surface area contributed by atoms with E-state index in [4.69, 9.17) is 9.15 Å². The lowest BCUT2D eigenvalue weighted by Crippen LogP contribution is -2.34. The normalized spacial score (nSPS) is 28.9. The number of anilines is 1. The first kappa shape index (κ1) is 31.4. The van der Waals surface area contributed by atoms with Gasteiger partial charge in [-0.15, -0.1) is 0 Å². The molecule has 6 unspecified atom stereocenters.